The highest BCUT2D eigenvalue weighted by Crippen LogP contribution is 2.25. The number of nitrogen functional groups attached to an aromatic ring is 1. The highest BCUT2D eigenvalue weighted by atomic mass is 32.2. The fourth-order valence-corrected chi connectivity index (χ4v) is 3.71. The minimum Gasteiger partial charge on any atom is -0.464 e. The number of nitrogens with two attached hydrogens (primary N) is 1. The summed E-state index contributed by atoms with van der Waals surface area (Å²) in [6.45, 7) is 2.63. The number of ether oxygens (including phenoxy) is 1. The van der Waals surface area contributed by atoms with Gasteiger partial charge < -0.3 is 15.4 Å². The van der Waals surface area contributed by atoms with Gasteiger partial charge in [0.15, 0.2) is 0 Å². The van der Waals surface area contributed by atoms with Crippen LogP contribution >= 0.6 is 23.1 Å². The molecule has 5 nitrogen and oxygen atoms in total. The van der Waals surface area contributed by atoms with Gasteiger partial charge in [-0.25, -0.2) is 4.79 Å². The summed E-state index contributed by atoms with van der Waals surface area (Å²) < 4.78 is 5.04. The summed E-state index contributed by atoms with van der Waals surface area (Å²) in [5.74, 6) is 0.895. The average molecular weight is 300 g/mol. The second-order valence-electron chi connectivity index (χ2n) is 4.05. The van der Waals surface area contributed by atoms with Crippen molar-refractivity contribution < 1.29 is 14.3 Å². The molecular weight excluding hydrogens is 284 g/mol. The van der Waals surface area contributed by atoms with Gasteiger partial charge in [0.05, 0.1) is 12.3 Å². The molecule has 1 aromatic heterocycles. The highest BCUT2D eigenvalue weighted by Gasteiger charge is 2.34. The molecular formula is C12H16N2O3S2. The summed E-state index contributed by atoms with van der Waals surface area (Å²) in [4.78, 5) is 26.4. The zero-order valence-corrected chi connectivity index (χ0v) is 12.3. The second kappa shape index (κ2) is 6.29. The van der Waals surface area contributed by atoms with E-state index in [1.165, 1.54) is 11.3 Å². The van der Waals surface area contributed by atoms with Gasteiger partial charge in [-0.1, -0.05) is 0 Å². The predicted octanol–water partition coefficient (Wildman–Crippen LogP) is 1.45. The van der Waals surface area contributed by atoms with Gasteiger partial charge in [0.2, 0.25) is 0 Å². The third kappa shape index (κ3) is 3.03. The summed E-state index contributed by atoms with van der Waals surface area (Å²) >= 11 is 2.96. The number of anilines is 1. The Hall–Kier alpha value is -1.21. The molecule has 0 spiro atoms. The van der Waals surface area contributed by atoms with Crippen molar-refractivity contribution in [3.8, 4) is 0 Å². The number of nitrogens with zero attached hydrogens (tertiary/aromatic N) is 1. The van der Waals surface area contributed by atoms with E-state index >= 15 is 0 Å². The molecule has 104 valence electrons. The van der Waals surface area contributed by atoms with E-state index in [0.717, 1.165) is 5.75 Å². The summed E-state index contributed by atoms with van der Waals surface area (Å²) in [6, 6.07) is 1.20. The lowest BCUT2D eigenvalue weighted by atomic mass is 10.2. The molecule has 1 aliphatic heterocycles. The summed E-state index contributed by atoms with van der Waals surface area (Å²) in [5, 5.41) is 1.78. The molecule has 2 heterocycles. The van der Waals surface area contributed by atoms with Crippen LogP contribution in [0.5, 0.6) is 0 Å². The molecule has 0 aromatic carbocycles. The Morgan fingerprint density at radius 1 is 1.58 bits per heavy atom. The Morgan fingerprint density at radius 2 is 2.37 bits per heavy atom. The molecule has 1 aromatic rings. The van der Waals surface area contributed by atoms with E-state index < -0.39 is 6.04 Å². The molecule has 2 N–H and O–H groups in total. The molecule has 1 amide bonds. The maximum absolute atomic E-state index is 12.4. The molecule has 1 atom stereocenters. The van der Waals surface area contributed by atoms with Gasteiger partial charge in [-0.05, 0) is 18.4 Å². The molecule has 7 heteroatoms. The lowest BCUT2D eigenvalue weighted by Gasteiger charge is -2.33. The van der Waals surface area contributed by atoms with E-state index in [1.807, 2.05) is 0 Å². The van der Waals surface area contributed by atoms with Crippen LogP contribution in [0.15, 0.2) is 11.4 Å². The summed E-state index contributed by atoms with van der Waals surface area (Å²) in [6.07, 6.45) is 0. The molecule has 0 aliphatic carbocycles. The molecule has 2 rings (SSSR count). The van der Waals surface area contributed by atoms with Crippen LogP contribution in [0.4, 0.5) is 5.69 Å². The van der Waals surface area contributed by atoms with Gasteiger partial charge in [0, 0.05) is 18.1 Å². The van der Waals surface area contributed by atoms with Gasteiger partial charge in [-0.2, -0.15) is 11.8 Å². The van der Waals surface area contributed by atoms with E-state index in [9.17, 15) is 9.59 Å². The average Bonchev–Trinajstić information content (AvgIpc) is 2.84. The number of carbonyl (C=O) groups is 2. The Bertz CT molecular complexity index is 475. The number of esters is 1. The number of rotatable bonds is 3. The van der Waals surface area contributed by atoms with E-state index in [1.54, 1.807) is 35.0 Å². The Kier molecular flexibility index (Phi) is 4.71. The molecule has 1 unspecified atom stereocenters. The van der Waals surface area contributed by atoms with Crippen LogP contribution in [0.2, 0.25) is 0 Å². The van der Waals surface area contributed by atoms with Crippen LogP contribution in [0.25, 0.3) is 0 Å². The van der Waals surface area contributed by atoms with Crippen molar-refractivity contribution >= 4 is 40.7 Å². The first kappa shape index (κ1) is 14.2. The fourth-order valence-electron chi connectivity index (χ4n) is 1.90. The maximum atomic E-state index is 12.4. The van der Waals surface area contributed by atoms with E-state index in [2.05, 4.69) is 0 Å². The zero-order valence-electron chi connectivity index (χ0n) is 10.6. The number of thiophene rings is 1. The van der Waals surface area contributed by atoms with E-state index in [0.29, 0.717) is 29.5 Å². The van der Waals surface area contributed by atoms with Crippen LogP contribution in [0, 0.1) is 0 Å². The van der Waals surface area contributed by atoms with Crippen LogP contribution in [-0.4, -0.2) is 47.5 Å². The number of hydrogen-bond acceptors (Lipinski definition) is 6. The largest absolute Gasteiger partial charge is 0.464 e. The first-order valence-electron chi connectivity index (χ1n) is 6.03. The van der Waals surface area contributed by atoms with E-state index in [-0.39, 0.29) is 11.9 Å². The molecule has 19 heavy (non-hydrogen) atoms. The van der Waals surface area contributed by atoms with Crippen molar-refractivity contribution in [1.29, 1.82) is 0 Å². The van der Waals surface area contributed by atoms with Crippen molar-refractivity contribution in [2.45, 2.75) is 13.0 Å². The summed E-state index contributed by atoms with van der Waals surface area (Å²) in [5.41, 5.74) is 6.24. The Balaban J connectivity index is 2.18. The quantitative estimate of drug-likeness (QED) is 0.855. The minimum atomic E-state index is -0.507. The Morgan fingerprint density at radius 3 is 3.00 bits per heavy atom. The summed E-state index contributed by atoms with van der Waals surface area (Å²) in [7, 11) is 0. The zero-order chi connectivity index (χ0) is 13.8. The van der Waals surface area contributed by atoms with Crippen molar-refractivity contribution in [2.75, 3.05) is 30.4 Å². The molecule has 1 aliphatic rings. The fraction of sp³-hybridized carbons (Fsp3) is 0.500. The van der Waals surface area contributed by atoms with Crippen LogP contribution in [0.1, 0.15) is 16.6 Å². The van der Waals surface area contributed by atoms with Crippen LogP contribution in [0.3, 0.4) is 0 Å². The van der Waals surface area contributed by atoms with Gasteiger partial charge in [-0.3, -0.25) is 4.79 Å². The van der Waals surface area contributed by atoms with Gasteiger partial charge in [0.1, 0.15) is 10.9 Å². The van der Waals surface area contributed by atoms with Crippen LogP contribution < -0.4 is 5.73 Å². The second-order valence-corrected chi connectivity index (χ2v) is 6.11. The van der Waals surface area contributed by atoms with Crippen LogP contribution in [-0.2, 0) is 9.53 Å². The Labute approximate surface area is 120 Å². The standard InChI is InChI=1S/C12H16N2O3S2/c1-2-17-12(16)9-7-18-6-4-14(9)11(15)10-8(13)3-5-19-10/h3,5,9H,2,4,6-7,13H2,1H3. The minimum absolute atomic E-state index is 0.175. The molecule has 1 fully saturated rings. The maximum Gasteiger partial charge on any atom is 0.329 e. The predicted molar refractivity (Wildman–Crippen MR) is 77.5 cm³/mol. The van der Waals surface area contributed by atoms with Crippen molar-refractivity contribution in [3.63, 3.8) is 0 Å². The SMILES string of the molecule is CCOC(=O)C1CSCCN1C(=O)c1sccc1N. The van der Waals surface area contributed by atoms with Crippen molar-refractivity contribution in [3.05, 3.63) is 16.3 Å². The number of thioether (sulfide) groups is 1. The van der Waals surface area contributed by atoms with Gasteiger partial charge >= 0.3 is 5.97 Å². The number of carbonyl (C=O) groups excluding carboxylic acids is 2. The first-order valence-corrected chi connectivity index (χ1v) is 8.07. The molecule has 0 bridgehead atoms. The molecule has 0 radical (unpaired) electrons. The number of hydrogen-bond donors (Lipinski definition) is 1. The first-order chi connectivity index (χ1) is 9.15. The van der Waals surface area contributed by atoms with Gasteiger partial charge in [0.25, 0.3) is 5.91 Å². The molecule has 1 saturated heterocycles. The third-order valence-corrected chi connectivity index (χ3v) is 4.78. The normalized spacial score (nSPS) is 19.2. The highest BCUT2D eigenvalue weighted by molar-refractivity contribution is 7.99. The lowest BCUT2D eigenvalue weighted by Crippen LogP contribution is -2.50. The van der Waals surface area contributed by atoms with E-state index in [4.69, 9.17) is 10.5 Å². The number of amides is 1. The smallest absolute Gasteiger partial charge is 0.329 e. The lowest BCUT2D eigenvalue weighted by molar-refractivity contribution is -0.147. The van der Waals surface area contributed by atoms with Crippen molar-refractivity contribution in [2.24, 2.45) is 0 Å². The monoisotopic (exact) mass is 300 g/mol. The topological polar surface area (TPSA) is 72.6 Å². The molecule has 0 saturated carbocycles. The van der Waals surface area contributed by atoms with Gasteiger partial charge in [-0.15, -0.1) is 11.3 Å². The third-order valence-electron chi connectivity index (χ3n) is 2.84. The van der Waals surface area contributed by atoms with Crippen molar-refractivity contribution in [1.82, 2.24) is 4.90 Å².